The van der Waals surface area contributed by atoms with E-state index in [2.05, 4.69) is 221 Å². The van der Waals surface area contributed by atoms with E-state index in [1.165, 1.54) is 44.5 Å². The van der Waals surface area contributed by atoms with Crippen molar-refractivity contribution in [2.45, 2.75) is 53.9 Å². The second-order valence-corrected chi connectivity index (χ2v) is 17.2. The van der Waals surface area contributed by atoms with E-state index in [4.69, 9.17) is 9.72 Å². The summed E-state index contributed by atoms with van der Waals surface area (Å²) in [5.74, 6) is 2.05. The predicted octanol–water partition coefficient (Wildman–Crippen LogP) is 14.8. The van der Waals surface area contributed by atoms with E-state index in [1.807, 2.05) is 12.3 Å². The number of fused-ring (bicyclic) bond motifs is 4. The van der Waals surface area contributed by atoms with Crippen LogP contribution in [0.2, 0.25) is 0 Å². The molecule has 2 aromatic heterocycles. The first-order chi connectivity index (χ1) is 29.5. The quantitative estimate of drug-likeness (QED) is 0.149. The van der Waals surface area contributed by atoms with Gasteiger partial charge in [-0.25, -0.2) is 4.98 Å². The molecule has 310 valence electrons. The van der Waals surface area contributed by atoms with Gasteiger partial charge in [0, 0.05) is 61.3 Å². The van der Waals surface area contributed by atoms with Crippen LogP contribution in [0.3, 0.4) is 0 Å². The maximum Gasteiger partial charge on any atom is 0.135 e. The van der Waals surface area contributed by atoms with E-state index in [0.29, 0.717) is 11.5 Å². The van der Waals surface area contributed by atoms with Gasteiger partial charge in [-0.05, 0) is 125 Å². The Morgan fingerprint density at radius 2 is 1.21 bits per heavy atom. The van der Waals surface area contributed by atoms with Crippen LogP contribution in [0.25, 0.3) is 49.9 Å². The third-order valence-electron chi connectivity index (χ3n) is 12.0. The minimum absolute atomic E-state index is 0. The van der Waals surface area contributed by atoms with Crippen LogP contribution >= 0.6 is 0 Å². The number of pyridine rings is 1. The van der Waals surface area contributed by atoms with E-state index < -0.39 is 0 Å². The van der Waals surface area contributed by atoms with Gasteiger partial charge in [0.1, 0.15) is 5.82 Å². The minimum Gasteiger partial charge on any atom is -0.509 e. The van der Waals surface area contributed by atoms with Crippen LogP contribution in [-0.4, -0.2) is 9.55 Å². The molecule has 1 aliphatic heterocycles. The van der Waals surface area contributed by atoms with Crippen molar-refractivity contribution in [1.29, 1.82) is 0 Å². The average Bonchev–Trinajstić information content (AvgIpc) is 3.80. The van der Waals surface area contributed by atoms with Gasteiger partial charge >= 0.3 is 0 Å². The Hall–Kier alpha value is -6.42. The Morgan fingerprint density at radius 3 is 1.92 bits per heavy atom. The van der Waals surface area contributed by atoms with Gasteiger partial charge in [0.2, 0.25) is 0 Å². The molecule has 0 saturated carbocycles. The zero-order valence-electron chi connectivity index (χ0n) is 36.0. The van der Waals surface area contributed by atoms with E-state index in [-0.39, 0.29) is 26.5 Å². The largest absolute Gasteiger partial charge is 0.509 e. The molecule has 0 amide bonds. The first-order valence-corrected chi connectivity index (χ1v) is 21.0. The maximum atomic E-state index is 6.88. The summed E-state index contributed by atoms with van der Waals surface area (Å²) in [5, 5.41) is 2.23. The van der Waals surface area contributed by atoms with Crippen molar-refractivity contribution in [1.82, 2.24) is 9.55 Å². The molecule has 9 aromatic rings. The molecule has 7 aromatic carbocycles. The van der Waals surface area contributed by atoms with Crippen LogP contribution in [0.15, 0.2) is 152 Å². The standard InChI is InChI=1S/C56H47N4O.Pt/c1-36-15-12-16-37(2)54(36)40-19-14-20-43(29-40)58-35-59(51-24-11-10-23-50(51)58)44-30-41(55-38(3)17-13-18-39(55)4)31-46(33-44)61-45-25-26-48-47-21-8-9-22-49(47)60(52(48)34-45)53-32-42(27-28-57-53)56(5,6)7;/h8-32,35H,1-7H3;/q-3;. The second-order valence-electron chi connectivity index (χ2n) is 17.2. The maximum absolute atomic E-state index is 6.88. The molecule has 0 atom stereocenters. The number of benzene rings is 7. The monoisotopic (exact) mass is 986 g/mol. The predicted molar refractivity (Wildman–Crippen MR) is 253 cm³/mol. The molecule has 0 spiro atoms. The first kappa shape index (κ1) is 41.0. The molecule has 0 fully saturated rings. The van der Waals surface area contributed by atoms with E-state index in [9.17, 15) is 0 Å². The topological polar surface area (TPSA) is 33.5 Å². The third-order valence-corrected chi connectivity index (χ3v) is 12.0. The number of anilines is 4. The van der Waals surface area contributed by atoms with Crippen molar-refractivity contribution in [3.8, 4) is 39.6 Å². The Balaban J connectivity index is 0.00000490. The number of hydrogen-bond acceptors (Lipinski definition) is 4. The third kappa shape index (κ3) is 7.29. The number of aryl methyl sites for hydroxylation is 4. The summed E-state index contributed by atoms with van der Waals surface area (Å²) < 4.78 is 9.08. The average molecular weight is 987 g/mol. The van der Waals surface area contributed by atoms with Crippen LogP contribution < -0.4 is 14.5 Å². The number of hydrogen-bond donors (Lipinski definition) is 0. The molecule has 0 N–H and O–H groups in total. The summed E-state index contributed by atoms with van der Waals surface area (Å²) in [4.78, 5) is 9.38. The van der Waals surface area contributed by atoms with Crippen LogP contribution in [0, 0.1) is 46.5 Å². The van der Waals surface area contributed by atoms with E-state index >= 15 is 0 Å². The Labute approximate surface area is 379 Å². The summed E-state index contributed by atoms with van der Waals surface area (Å²) in [6.07, 6.45) is 1.91. The fraction of sp³-hybridized carbons (Fsp3) is 0.143. The van der Waals surface area contributed by atoms with Gasteiger partial charge in [0.05, 0.1) is 0 Å². The van der Waals surface area contributed by atoms with Crippen molar-refractivity contribution < 1.29 is 25.8 Å². The van der Waals surface area contributed by atoms with Crippen LogP contribution in [0.5, 0.6) is 11.5 Å². The minimum atomic E-state index is -0.0305. The molecule has 5 nitrogen and oxygen atoms in total. The van der Waals surface area contributed by atoms with Gasteiger partial charge in [-0.1, -0.05) is 105 Å². The van der Waals surface area contributed by atoms with E-state index in [1.54, 1.807) is 0 Å². The molecule has 3 heterocycles. The van der Waals surface area contributed by atoms with Gasteiger partial charge < -0.3 is 19.1 Å². The van der Waals surface area contributed by atoms with Gasteiger partial charge in [0.15, 0.2) is 0 Å². The molecule has 0 bridgehead atoms. The van der Waals surface area contributed by atoms with Crippen molar-refractivity contribution in [2.24, 2.45) is 0 Å². The molecule has 6 heteroatoms. The number of aromatic nitrogens is 2. The van der Waals surface area contributed by atoms with Crippen LogP contribution in [0.1, 0.15) is 48.6 Å². The Bertz CT molecular complexity index is 3120. The van der Waals surface area contributed by atoms with Crippen molar-refractivity contribution in [3.05, 3.63) is 198 Å². The van der Waals surface area contributed by atoms with Gasteiger partial charge in [-0.3, -0.25) is 0 Å². The van der Waals surface area contributed by atoms with Crippen molar-refractivity contribution in [3.63, 3.8) is 0 Å². The summed E-state index contributed by atoms with van der Waals surface area (Å²) in [5.41, 5.74) is 16.9. The van der Waals surface area contributed by atoms with Gasteiger partial charge in [-0.15, -0.1) is 53.6 Å². The summed E-state index contributed by atoms with van der Waals surface area (Å²) in [6, 6.07) is 59.0. The summed E-state index contributed by atoms with van der Waals surface area (Å²) in [6.45, 7) is 17.6. The molecule has 1 aliphatic rings. The first-order valence-electron chi connectivity index (χ1n) is 21.0. The fourth-order valence-electron chi connectivity index (χ4n) is 9.02. The number of rotatable bonds is 7. The smallest absolute Gasteiger partial charge is 0.135 e. The number of para-hydroxylation sites is 3. The SMILES string of the molecule is Cc1cccc(C)c1-c1cc(Oc2[c-]c3c(cc2)c2ccccc2n3-c2cc(C(C)(C)C)ccn2)[c-]c(N2[CH-]N(c3cccc(-c4c(C)cccc4C)c3)c3ccccc32)c1.[Pt]. The second kappa shape index (κ2) is 16.1. The molecule has 10 rings (SSSR count). The van der Waals surface area contributed by atoms with E-state index in [0.717, 1.165) is 55.9 Å². The molecule has 0 unspecified atom stereocenters. The molecule has 62 heavy (non-hydrogen) atoms. The molecule has 0 aliphatic carbocycles. The summed E-state index contributed by atoms with van der Waals surface area (Å²) in [7, 11) is 0. The molecular formula is C56H47N4OPt-3. The normalized spacial score (nSPS) is 12.5. The Kier molecular flexibility index (Phi) is 10.7. The Morgan fingerprint density at radius 1 is 0.565 bits per heavy atom. The number of ether oxygens (including phenoxy) is 1. The molecule has 0 radical (unpaired) electrons. The van der Waals surface area contributed by atoms with Crippen molar-refractivity contribution >= 4 is 44.6 Å². The summed E-state index contributed by atoms with van der Waals surface area (Å²) >= 11 is 0. The van der Waals surface area contributed by atoms with Crippen LogP contribution in [-0.2, 0) is 26.5 Å². The zero-order chi connectivity index (χ0) is 42.0. The zero-order valence-corrected chi connectivity index (χ0v) is 38.3. The van der Waals surface area contributed by atoms with Gasteiger partial charge in [-0.2, -0.15) is 6.07 Å². The fourth-order valence-corrected chi connectivity index (χ4v) is 9.02. The molecular weight excluding hydrogens is 940 g/mol. The van der Waals surface area contributed by atoms with Crippen LogP contribution in [0.4, 0.5) is 22.7 Å². The van der Waals surface area contributed by atoms with Crippen molar-refractivity contribution in [2.75, 3.05) is 9.80 Å². The molecule has 0 saturated heterocycles. The van der Waals surface area contributed by atoms with Gasteiger partial charge in [0.25, 0.3) is 0 Å². The number of nitrogens with zero attached hydrogens (tertiary/aromatic N) is 4.